The van der Waals surface area contributed by atoms with E-state index in [9.17, 15) is 14.2 Å². The highest BCUT2D eigenvalue weighted by Gasteiger charge is 2.60. The van der Waals surface area contributed by atoms with Crippen molar-refractivity contribution in [3.05, 3.63) is 68.8 Å². The van der Waals surface area contributed by atoms with Gasteiger partial charge in [0.2, 0.25) is 10.9 Å². The first-order chi connectivity index (χ1) is 15.3. The van der Waals surface area contributed by atoms with Crippen molar-refractivity contribution in [2.75, 3.05) is 0 Å². The van der Waals surface area contributed by atoms with E-state index < -0.39 is 13.0 Å². The van der Waals surface area contributed by atoms with Crippen LogP contribution in [-0.2, 0) is 9.98 Å². The predicted molar refractivity (Wildman–Crippen MR) is 137 cm³/mol. The molecular formula is C29H38O3P+. The highest BCUT2D eigenvalue weighted by atomic mass is 31.1. The van der Waals surface area contributed by atoms with Crippen molar-refractivity contribution in [2.24, 2.45) is 0 Å². The molecule has 1 fully saturated rings. The SMILES string of the molecule is Cc1cc(C)c(C(=O)C2([P+](=O)C(=O)c3c(C)cc(C(C)(C)C)cc3C)CCCCC2)c(C)c1. The third-order valence-electron chi connectivity index (χ3n) is 7.19. The molecule has 1 unspecified atom stereocenters. The molecule has 0 radical (unpaired) electrons. The molecule has 4 heteroatoms. The molecule has 0 heterocycles. The average Bonchev–Trinajstić information content (AvgIpc) is 2.71. The van der Waals surface area contributed by atoms with E-state index in [4.69, 9.17) is 0 Å². The molecule has 33 heavy (non-hydrogen) atoms. The van der Waals surface area contributed by atoms with E-state index >= 15 is 0 Å². The summed E-state index contributed by atoms with van der Waals surface area (Å²) >= 11 is 0. The van der Waals surface area contributed by atoms with Crippen LogP contribution < -0.4 is 0 Å². The molecule has 1 aliphatic carbocycles. The summed E-state index contributed by atoms with van der Waals surface area (Å²) in [5.41, 5.74) is 6.51. The largest absolute Gasteiger partial charge is 0.434 e. The second-order valence-electron chi connectivity index (χ2n) is 11.0. The van der Waals surface area contributed by atoms with Crippen molar-refractivity contribution in [1.82, 2.24) is 0 Å². The fourth-order valence-electron chi connectivity index (χ4n) is 5.46. The van der Waals surface area contributed by atoms with Crippen LogP contribution in [0.25, 0.3) is 0 Å². The molecule has 1 atom stereocenters. The smallest absolute Gasteiger partial charge is 0.289 e. The number of carbonyl (C=O) groups excluding carboxylic acids is 2. The minimum Gasteiger partial charge on any atom is -0.289 e. The lowest BCUT2D eigenvalue weighted by molar-refractivity contribution is 0.0902. The molecule has 0 aromatic heterocycles. The van der Waals surface area contributed by atoms with Gasteiger partial charge in [-0.25, -0.2) is 4.79 Å². The minimum absolute atomic E-state index is 0.0413. The first kappa shape index (κ1) is 25.5. The second kappa shape index (κ2) is 9.26. The van der Waals surface area contributed by atoms with Gasteiger partial charge >= 0.3 is 13.3 Å². The summed E-state index contributed by atoms with van der Waals surface area (Å²) in [6.45, 7) is 16.2. The van der Waals surface area contributed by atoms with Crippen LogP contribution in [0.5, 0.6) is 0 Å². The van der Waals surface area contributed by atoms with Gasteiger partial charge in [0.15, 0.2) is 0 Å². The highest BCUT2D eigenvalue weighted by molar-refractivity contribution is 7.67. The summed E-state index contributed by atoms with van der Waals surface area (Å²) in [6, 6.07) is 8.08. The lowest BCUT2D eigenvalue weighted by atomic mass is 9.80. The summed E-state index contributed by atoms with van der Waals surface area (Å²) in [5, 5.41) is -1.11. The Labute approximate surface area is 200 Å². The van der Waals surface area contributed by atoms with Crippen molar-refractivity contribution in [3.63, 3.8) is 0 Å². The molecule has 2 aromatic carbocycles. The van der Waals surface area contributed by atoms with E-state index in [2.05, 4.69) is 20.8 Å². The molecule has 0 amide bonds. The van der Waals surface area contributed by atoms with Gasteiger partial charge in [-0.05, 0) is 80.7 Å². The van der Waals surface area contributed by atoms with Gasteiger partial charge in [-0.2, -0.15) is 0 Å². The number of carbonyl (C=O) groups is 2. The van der Waals surface area contributed by atoms with Gasteiger partial charge in [0.1, 0.15) is 0 Å². The first-order valence-corrected chi connectivity index (χ1v) is 13.3. The molecule has 176 valence electrons. The Balaban J connectivity index is 2.11. The zero-order valence-electron chi connectivity index (χ0n) is 21.5. The second-order valence-corrected chi connectivity index (χ2v) is 12.9. The van der Waals surface area contributed by atoms with Crippen molar-refractivity contribution in [2.45, 2.75) is 98.1 Å². The van der Waals surface area contributed by atoms with E-state index in [0.29, 0.717) is 24.0 Å². The Kier molecular flexibility index (Phi) is 7.16. The van der Waals surface area contributed by atoms with Gasteiger partial charge in [-0.3, -0.25) is 4.79 Å². The Morgan fingerprint density at radius 1 is 0.758 bits per heavy atom. The third-order valence-corrected chi connectivity index (χ3v) is 9.21. The number of aryl methyl sites for hydroxylation is 5. The van der Waals surface area contributed by atoms with Gasteiger partial charge < -0.3 is 0 Å². The molecular weight excluding hydrogens is 427 g/mol. The van der Waals surface area contributed by atoms with E-state index in [1.54, 1.807) is 0 Å². The zero-order chi connectivity index (χ0) is 24.7. The zero-order valence-corrected chi connectivity index (χ0v) is 22.4. The van der Waals surface area contributed by atoms with Gasteiger partial charge in [0, 0.05) is 18.4 Å². The van der Waals surface area contributed by atoms with E-state index in [0.717, 1.165) is 52.6 Å². The maximum Gasteiger partial charge on any atom is 0.434 e. The van der Waals surface area contributed by atoms with E-state index in [-0.39, 0.29) is 16.7 Å². The summed E-state index contributed by atoms with van der Waals surface area (Å²) in [6.07, 6.45) is 3.68. The summed E-state index contributed by atoms with van der Waals surface area (Å²) in [7, 11) is -2.42. The number of benzene rings is 2. The van der Waals surface area contributed by atoms with Crippen molar-refractivity contribution < 1.29 is 14.2 Å². The molecule has 0 spiro atoms. The van der Waals surface area contributed by atoms with Crippen LogP contribution in [0.2, 0.25) is 0 Å². The molecule has 0 saturated heterocycles. The lowest BCUT2D eigenvalue weighted by Gasteiger charge is -2.28. The van der Waals surface area contributed by atoms with Crippen LogP contribution in [0.4, 0.5) is 0 Å². The molecule has 3 rings (SSSR count). The van der Waals surface area contributed by atoms with E-state index in [1.807, 2.05) is 58.9 Å². The Bertz CT molecular complexity index is 1080. The molecule has 1 aliphatic rings. The molecule has 1 saturated carbocycles. The number of hydrogen-bond acceptors (Lipinski definition) is 3. The Hall–Kier alpha value is -2.12. The van der Waals surface area contributed by atoms with Crippen molar-refractivity contribution >= 4 is 19.1 Å². The fraction of sp³-hybridized carbons (Fsp3) is 0.517. The van der Waals surface area contributed by atoms with Crippen LogP contribution in [0, 0.1) is 34.6 Å². The lowest BCUT2D eigenvalue weighted by Crippen LogP contribution is -2.39. The molecule has 0 aliphatic heterocycles. The quantitative estimate of drug-likeness (QED) is 0.331. The van der Waals surface area contributed by atoms with Crippen LogP contribution in [0.3, 0.4) is 0 Å². The Morgan fingerprint density at radius 2 is 1.21 bits per heavy atom. The van der Waals surface area contributed by atoms with Gasteiger partial charge in [-0.15, -0.1) is 0 Å². The van der Waals surface area contributed by atoms with Crippen LogP contribution in [0.15, 0.2) is 24.3 Å². The van der Waals surface area contributed by atoms with Gasteiger partial charge in [0.05, 0.1) is 5.56 Å². The molecule has 0 N–H and O–H groups in total. The number of hydrogen-bond donors (Lipinski definition) is 0. The predicted octanol–water partition coefficient (Wildman–Crippen LogP) is 8.08. The summed E-state index contributed by atoms with van der Waals surface area (Å²) in [4.78, 5) is 27.8. The normalized spacial score (nSPS) is 16.4. The first-order valence-electron chi connectivity index (χ1n) is 12.1. The monoisotopic (exact) mass is 465 g/mol. The summed E-state index contributed by atoms with van der Waals surface area (Å²) in [5.74, 6) is -0.103. The maximum absolute atomic E-state index is 14.1. The Morgan fingerprint density at radius 3 is 1.67 bits per heavy atom. The highest BCUT2D eigenvalue weighted by Crippen LogP contribution is 2.53. The molecule has 0 bridgehead atoms. The van der Waals surface area contributed by atoms with Gasteiger partial charge in [-0.1, -0.05) is 61.6 Å². The topological polar surface area (TPSA) is 51.2 Å². The minimum atomic E-state index is -2.42. The van der Waals surface area contributed by atoms with Crippen LogP contribution >= 0.6 is 7.80 Å². The third kappa shape index (κ3) is 4.76. The van der Waals surface area contributed by atoms with Crippen LogP contribution in [0.1, 0.15) is 107 Å². The summed E-state index contributed by atoms with van der Waals surface area (Å²) < 4.78 is 14.1. The number of ketones is 1. The molecule has 3 nitrogen and oxygen atoms in total. The van der Waals surface area contributed by atoms with E-state index in [1.165, 1.54) is 0 Å². The standard InChI is InChI=1S/C29H38O3P/c1-18-14-19(2)24(20(3)15-18)26(30)29(12-10-9-11-13-29)33(32)27(31)25-21(4)16-23(17-22(25)5)28(6,7)8/h14-17H,9-13H2,1-8H3/q+1. The number of rotatable bonds is 5. The average molecular weight is 466 g/mol. The van der Waals surface area contributed by atoms with Crippen LogP contribution in [-0.4, -0.2) is 16.5 Å². The maximum atomic E-state index is 14.1. The molecule has 2 aromatic rings. The fourth-order valence-corrected chi connectivity index (χ4v) is 7.42. The van der Waals surface area contributed by atoms with Crippen molar-refractivity contribution in [1.29, 1.82) is 0 Å². The van der Waals surface area contributed by atoms with Gasteiger partial charge in [0.25, 0.3) is 0 Å². The van der Waals surface area contributed by atoms with Crippen molar-refractivity contribution in [3.8, 4) is 0 Å². The number of Topliss-reactive ketones (excluding diaryl/α,β-unsaturated/α-hetero) is 1.